The highest BCUT2D eigenvalue weighted by atomic mass is 35.5. The molecule has 142 valence electrons. The van der Waals surface area contributed by atoms with E-state index in [1.807, 2.05) is 0 Å². The normalized spacial score (nSPS) is 13.8. The molecule has 3 rings (SSSR count). The Hall–Kier alpha value is -2.65. The van der Waals surface area contributed by atoms with Crippen molar-refractivity contribution in [1.82, 2.24) is 0 Å². The van der Waals surface area contributed by atoms with Crippen molar-refractivity contribution in [3.63, 3.8) is 0 Å². The Morgan fingerprint density at radius 3 is 2.67 bits per heavy atom. The minimum atomic E-state index is -3.38. The second kappa shape index (κ2) is 7.16. The third kappa shape index (κ3) is 4.04. The molecule has 0 aliphatic carbocycles. The van der Waals surface area contributed by atoms with Crippen LogP contribution in [0.3, 0.4) is 0 Å². The number of anilines is 2. The molecule has 0 radical (unpaired) electrons. The molecule has 0 aromatic heterocycles. The van der Waals surface area contributed by atoms with E-state index in [-0.39, 0.29) is 16.4 Å². The Bertz CT molecular complexity index is 1040. The molecule has 0 unspecified atom stereocenters. The average Bonchev–Trinajstić information content (AvgIpc) is 2.61. The van der Waals surface area contributed by atoms with Crippen LogP contribution in [0.5, 0.6) is 0 Å². The molecular formula is C17H16ClN3O5S. The number of nitrogens with zero attached hydrogens (tertiary/aromatic N) is 2. The monoisotopic (exact) mass is 409 g/mol. The highest BCUT2D eigenvalue weighted by molar-refractivity contribution is 7.92. The van der Waals surface area contributed by atoms with Gasteiger partial charge >= 0.3 is 0 Å². The second-order valence-corrected chi connectivity index (χ2v) is 8.47. The molecule has 2 aromatic rings. The smallest absolute Gasteiger partial charge is 0.289 e. The minimum Gasteiger partial charge on any atom is -0.322 e. The van der Waals surface area contributed by atoms with Crippen LogP contribution in [0.4, 0.5) is 17.1 Å². The number of amides is 1. The number of hydrogen-bond donors (Lipinski definition) is 1. The van der Waals surface area contributed by atoms with Gasteiger partial charge in [0.15, 0.2) is 0 Å². The number of nitro benzene ring substituents is 1. The number of halogens is 1. The van der Waals surface area contributed by atoms with E-state index in [9.17, 15) is 23.3 Å². The Labute approximate surface area is 160 Å². The van der Waals surface area contributed by atoms with Gasteiger partial charge in [0.25, 0.3) is 11.6 Å². The first-order chi connectivity index (χ1) is 12.7. The van der Waals surface area contributed by atoms with Gasteiger partial charge in [0.05, 0.1) is 16.9 Å². The number of rotatable bonds is 4. The number of carbonyl (C=O) groups is 1. The van der Waals surface area contributed by atoms with E-state index < -0.39 is 20.9 Å². The topological polar surface area (TPSA) is 110 Å². The van der Waals surface area contributed by atoms with E-state index in [0.717, 1.165) is 11.8 Å². The van der Waals surface area contributed by atoms with Crippen molar-refractivity contribution in [3.8, 4) is 0 Å². The first-order valence-corrected chi connectivity index (χ1v) is 10.3. The lowest BCUT2D eigenvalue weighted by atomic mass is 10.0. The van der Waals surface area contributed by atoms with E-state index in [0.29, 0.717) is 30.6 Å². The van der Waals surface area contributed by atoms with Crippen LogP contribution in [0, 0.1) is 10.1 Å². The molecule has 1 N–H and O–H groups in total. The van der Waals surface area contributed by atoms with Crippen molar-refractivity contribution in [3.05, 3.63) is 62.7 Å². The van der Waals surface area contributed by atoms with E-state index in [4.69, 9.17) is 11.6 Å². The number of nitrogens with one attached hydrogen (secondary N) is 1. The third-order valence-corrected chi connectivity index (χ3v) is 5.72. The molecule has 0 bridgehead atoms. The number of carbonyl (C=O) groups excluding carboxylic acids is 1. The van der Waals surface area contributed by atoms with Gasteiger partial charge in [-0.05, 0) is 48.7 Å². The molecule has 0 saturated heterocycles. The summed E-state index contributed by atoms with van der Waals surface area (Å²) in [7, 11) is -3.38. The fourth-order valence-electron chi connectivity index (χ4n) is 2.98. The minimum absolute atomic E-state index is 0.0207. The van der Waals surface area contributed by atoms with Gasteiger partial charge in [-0.15, -0.1) is 0 Å². The van der Waals surface area contributed by atoms with Gasteiger partial charge in [0.1, 0.15) is 5.02 Å². The van der Waals surface area contributed by atoms with Gasteiger partial charge in [-0.3, -0.25) is 19.2 Å². The summed E-state index contributed by atoms with van der Waals surface area (Å²) in [6, 6.07) is 8.77. The number of fused-ring (bicyclic) bond motifs is 1. The lowest BCUT2D eigenvalue weighted by Gasteiger charge is -2.29. The maximum absolute atomic E-state index is 12.5. The molecule has 1 aliphatic heterocycles. The largest absolute Gasteiger partial charge is 0.322 e. The van der Waals surface area contributed by atoms with Gasteiger partial charge in [-0.25, -0.2) is 8.42 Å². The van der Waals surface area contributed by atoms with Gasteiger partial charge in [-0.2, -0.15) is 0 Å². The zero-order valence-electron chi connectivity index (χ0n) is 14.3. The van der Waals surface area contributed by atoms with Crippen LogP contribution in [0.15, 0.2) is 36.4 Å². The van der Waals surface area contributed by atoms with Crippen LogP contribution >= 0.6 is 11.6 Å². The Morgan fingerprint density at radius 1 is 1.26 bits per heavy atom. The first-order valence-electron chi connectivity index (χ1n) is 8.03. The second-order valence-electron chi connectivity index (χ2n) is 6.16. The van der Waals surface area contributed by atoms with E-state index >= 15 is 0 Å². The van der Waals surface area contributed by atoms with Gasteiger partial charge < -0.3 is 5.32 Å². The van der Waals surface area contributed by atoms with Crippen LogP contribution < -0.4 is 9.62 Å². The molecule has 0 saturated carbocycles. The van der Waals surface area contributed by atoms with Gasteiger partial charge in [0.2, 0.25) is 10.0 Å². The molecule has 0 fully saturated rings. The molecular weight excluding hydrogens is 394 g/mol. The summed E-state index contributed by atoms with van der Waals surface area (Å²) in [6.07, 6.45) is 2.47. The van der Waals surface area contributed by atoms with E-state index in [2.05, 4.69) is 5.32 Å². The molecule has 1 heterocycles. The summed E-state index contributed by atoms with van der Waals surface area (Å²) in [5.74, 6) is -0.453. The van der Waals surface area contributed by atoms with Crippen molar-refractivity contribution in [2.24, 2.45) is 0 Å². The number of sulfonamides is 1. The highest BCUT2D eigenvalue weighted by Crippen LogP contribution is 2.31. The summed E-state index contributed by atoms with van der Waals surface area (Å²) < 4.78 is 25.1. The first kappa shape index (κ1) is 19.1. The number of aryl methyl sites for hydroxylation is 1. The van der Waals surface area contributed by atoms with Crippen molar-refractivity contribution in [1.29, 1.82) is 0 Å². The van der Waals surface area contributed by atoms with Crippen LogP contribution in [0.25, 0.3) is 0 Å². The SMILES string of the molecule is CS(=O)(=O)N1CCCc2cc(C(=O)Nc3ccc(Cl)c([N+](=O)[O-])c3)ccc21. The van der Waals surface area contributed by atoms with Gasteiger partial charge in [-0.1, -0.05) is 11.6 Å². The standard InChI is InChI=1S/C17H16ClN3O5S/c1-27(25,26)20-8-2-3-11-9-12(4-7-15(11)20)17(22)19-13-5-6-14(18)16(10-13)21(23)24/h4-7,9-10H,2-3,8H2,1H3,(H,19,22). The molecule has 1 amide bonds. The number of benzene rings is 2. The summed E-state index contributed by atoms with van der Waals surface area (Å²) in [4.78, 5) is 22.8. The Balaban J connectivity index is 1.87. The quantitative estimate of drug-likeness (QED) is 0.615. The summed E-state index contributed by atoms with van der Waals surface area (Å²) in [5, 5.41) is 13.5. The molecule has 27 heavy (non-hydrogen) atoms. The summed E-state index contributed by atoms with van der Waals surface area (Å²) >= 11 is 5.77. The van der Waals surface area contributed by atoms with Crippen LogP contribution in [0.2, 0.25) is 5.02 Å². The fourth-order valence-corrected chi connectivity index (χ4v) is 4.16. The molecule has 2 aromatic carbocycles. The maximum Gasteiger partial charge on any atom is 0.289 e. The Kier molecular flexibility index (Phi) is 5.07. The summed E-state index contributed by atoms with van der Waals surface area (Å²) in [6.45, 7) is 0.409. The molecule has 0 atom stereocenters. The number of hydrogen-bond acceptors (Lipinski definition) is 5. The van der Waals surface area contributed by atoms with E-state index in [1.54, 1.807) is 12.1 Å². The van der Waals surface area contributed by atoms with Crippen molar-refractivity contribution in [2.75, 3.05) is 22.4 Å². The molecule has 8 nitrogen and oxygen atoms in total. The lowest BCUT2D eigenvalue weighted by Crippen LogP contribution is -2.34. The molecule has 0 spiro atoms. The van der Waals surface area contributed by atoms with Crippen molar-refractivity contribution in [2.45, 2.75) is 12.8 Å². The fraction of sp³-hybridized carbons (Fsp3) is 0.235. The summed E-state index contributed by atoms with van der Waals surface area (Å²) in [5.41, 5.74) is 1.61. The van der Waals surface area contributed by atoms with Crippen LogP contribution in [0.1, 0.15) is 22.3 Å². The van der Waals surface area contributed by atoms with Gasteiger partial charge in [0, 0.05) is 23.9 Å². The van der Waals surface area contributed by atoms with Crippen molar-refractivity contribution >= 4 is 44.6 Å². The Morgan fingerprint density at radius 2 is 2.00 bits per heavy atom. The third-order valence-electron chi connectivity index (χ3n) is 4.22. The van der Waals surface area contributed by atoms with Crippen molar-refractivity contribution < 1.29 is 18.1 Å². The highest BCUT2D eigenvalue weighted by Gasteiger charge is 2.25. The molecule has 1 aliphatic rings. The zero-order valence-corrected chi connectivity index (χ0v) is 15.9. The average molecular weight is 410 g/mol. The zero-order chi connectivity index (χ0) is 19.8. The molecule has 10 heteroatoms. The van der Waals surface area contributed by atoms with E-state index in [1.165, 1.54) is 28.6 Å². The number of nitro groups is 1. The maximum atomic E-state index is 12.5. The lowest BCUT2D eigenvalue weighted by molar-refractivity contribution is -0.384. The van der Waals surface area contributed by atoms with Crippen LogP contribution in [-0.4, -0.2) is 32.0 Å². The van der Waals surface area contributed by atoms with Crippen LogP contribution in [-0.2, 0) is 16.4 Å². The predicted octanol–water partition coefficient (Wildman–Crippen LogP) is 3.21. The predicted molar refractivity (Wildman–Crippen MR) is 103 cm³/mol.